The molecule has 176 valence electrons. The van der Waals surface area contributed by atoms with E-state index in [2.05, 4.69) is 18.2 Å². The molecule has 0 aromatic heterocycles. The number of unbranched alkanes of at least 4 members (excludes halogenated alkanes) is 1. The smallest absolute Gasteiger partial charge is 0.275 e. The zero-order valence-corrected chi connectivity index (χ0v) is 19.9. The van der Waals surface area contributed by atoms with E-state index in [1.807, 2.05) is 32.0 Å². The van der Waals surface area contributed by atoms with E-state index in [1.54, 1.807) is 18.3 Å². The van der Waals surface area contributed by atoms with Crippen LogP contribution in [0.2, 0.25) is 0 Å². The van der Waals surface area contributed by atoms with Crippen LogP contribution < -0.4 is 25.3 Å². The minimum Gasteiger partial charge on any atom is -0.494 e. The molecule has 1 aliphatic heterocycles. The Morgan fingerprint density at radius 2 is 1.97 bits per heavy atom. The number of carbonyl (C=O) groups is 2. The van der Waals surface area contributed by atoms with E-state index in [9.17, 15) is 9.59 Å². The predicted octanol–water partition coefficient (Wildman–Crippen LogP) is 3.38. The summed E-state index contributed by atoms with van der Waals surface area (Å²) < 4.78 is 22.9. The highest BCUT2D eigenvalue weighted by Crippen LogP contribution is 2.39. The second kappa shape index (κ2) is 10.0. The zero-order chi connectivity index (χ0) is 24.2. The van der Waals surface area contributed by atoms with Gasteiger partial charge >= 0.3 is 0 Å². The number of nitrogens with zero attached hydrogens (tertiary/aromatic N) is 1. The van der Waals surface area contributed by atoms with E-state index in [4.69, 9.17) is 24.2 Å². The highest BCUT2D eigenvalue weighted by atomic mass is 32.1. The van der Waals surface area contributed by atoms with E-state index >= 15 is 0 Å². The van der Waals surface area contributed by atoms with Gasteiger partial charge in [0, 0.05) is 22.9 Å². The van der Waals surface area contributed by atoms with Gasteiger partial charge in [0.15, 0.2) is 17.1 Å². The standard InChI is InChI=1S/C23H27N3O6S/c1-23(2)15-13-14(7-8-16(15)25-22(23)28)31-12-6-5-11-26(32-33)17-9-10-18(29-3)20(30-4)19(17)21(24)27/h7-11,13H,5-6,12H2,1-4H3,(H3-,24,25,27,28,33)/p+1. The molecule has 9 nitrogen and oxygen atoms in total. The summed E-state index contributed by atoms with van der Waals surface area (Å²) in [6.45, 7) is 4.20. The number of nitrogens with one attached hydrogen (secondary N) is 1. The fourth-order valence-electron chi connectivity index (χ4n) is 3.64. The zero-order valence-electron chi connectivity index (χ0n) is 19.0. The third-order valence-corrected chi connectivity index (χ3v) is 5.66. The number of ether oxygens (including phenoxy) is 3. The lowest BCUT2D eigenvalue weighted by molar-refractivity contribution is -0.672. The molecule has 2 aromatic carbocycles. The molecule has 0 radical (unpaired) electrons. The first kappa shape index (κ1) is 24.2. The molecule has 0 atom stereocenters. The number of hydrogen-bond donors (Lipinski definition) is 3. The average molecular weight is 475 g/mol. The number of anilines is 1. The molecule has 1 aliphatic rings. The Bertz CT molecular complexity index is 1100. The maximum atomic E-state index is 12.1. The number of nitrogens with two attached hydrogens (primary N) is 1. The molecule has 0 spiro atoms. The summed E-state index contributed by atoms with van der Waals surface area (Å²) in [7, 11) is 2.89. The first-order valence-corrected chi connectivity index (χ1v) is 10.7. The Morgan fingerprint density at radius 1 is 1.21 bits per heavy atom. The molecule has 2 amide bonds. The van der Waals surface area contributed by atoms with Gasteiger partial charge in [-0.15, -0.1) is 0 Å². The Balaban J connectivity index is 1.68. The number of thiol groups is 1. The first-order chi connectivity index (χ1) is 15.7. The van der Waals surface area contributed by atoms with Crippen LogP contribution in [0, 0.1) is 0 Å². The van der Waals surface area contributed by atoms with Gasteiger partial charge in [0.05, 0.1) is 26.2 Å². The van der Waals surface area contributed by atoms with Crippen molar-refractivity contribution in [3.63, 3.8) is 0 Å². The average Bonchev–Trinajstić information content (AvgIpc) is 3.03. The molecule has 0 saturated carbocycles. The van der Waals surface area contributed by atoms with Crippen LogP contribution >= 0.6 is 12.9 Å². The molecule has 10 heteroatoms. The van der Waals surface area contributed by atoms with Crippen molar-refractivity contribution >= 4 is 42.3 Å². The molecule has 33 heavy (non-hydrogen) atoms. The van der Waals surface area contributed by atoms with Crippen LogP contribution in [0.4, 0.5) is 11.4 Å². The third-order valence-electron chi connectivity index (χ3n) is 5.49. The summed E-state index contributed by atoms with van der Waals surface area (Å²) in [4.78, 5) is 24.2. The number of carbonyl (C=O) groups excluding carboxylic acids is 2. The topological polar surface area (TPSA) is 112 Å². The number of hydrogen-bond acceptors (Lipinski definition) is 7. The number of benzene rings is 2. The minimum atomic E-state index is -0.694. The fraction of sp³-hybridized carbons (Fsp3) is 0.348. The maximum absolute atomic E-state index is 12.1. The molecule has 0 aliphatic carbocycles. The second-order valence-electron chi connectivity index (χ2n) is 7.93. The largest absolute Gasteiger partial charge is 0.494 e. The number of fused-ring (bicyclic) bond motifs is 1. The molecular formula is C23H28N3O6S+. The van der Waals surface area contributed by atoms with Gasteiger partial charge < -0.3 is 25.3 Å². The normalized spacial score (nSPS) is 14.3. The van der Waals surface area contributed by atoms with Gasteiger partial charge in [-0.3, -0.25) is 9.59 Å². The lowest BCUT2D eigenvalue weighted by atomic mass is 9.86. The van der Waals surface area contributed by atoms with E-state index < -0.39 is 11.3 Å². The monoisotopic (exact) mass is 474 g/mol. The Labute approximate surface area is 198 Å². The van der Waals surface area contributed by atoms with Crippen LogP contribution in [0.3, 0.4) is 0 Å². The Hall–Kier alpha value is -3.40. The number of methoxy groups -OCH3 is 2. The molecule has 2 aromatic rings. The van der Waals surface area contributed by atoms with Crippen LogP contribution in [-0.2, 0) is 14.5 Å². The van der Waals surface area contributed by atoms with Crippen LogP contribution in [0.15, 0.2) is 30.3 Å². The van der Waals surface area contributed by atoms with Gasteiger partial charge in [-0.2, -0.15) is 4.28 Å². The van der Waals surface area contributed by atoms with Crippen molar-refractivity contribution in [2.45, 2.75) is 32.1 Å². The van der Waals surface area contributed by atoms with Crippen molar-refractivity contribution in [2.24, 2.45) is 5.73 Å². The number of amides is 2. The van der Waals surface area contributed by atoms with Crippen molar-refractivity contribution in [2.75, 3.05) is 26.1 Å². The molecule has 3 rings (SSSR count). The summed E-state index contributed by atoms with van der Waals surface area (Å²) >= 11 is 3.90. The summed E-state index contributed by atoms with van der Waals surface area (Å²) in [5, 5.41) is 2.88. The van der Waals surface area contributed by atoms with Crippen LogP contribution in [-0.4, -0.2) is 43.6 Å². The molecule has 3 N–H and O–H groups in total. The molecule has 0 fully saturated rings. The van der Waals surface area contributed by atoms with Gasteiger partial charge in [-0.25, -0.2) is 0 Å². The minimum absolute atomic E-state index is 0.0263. The van der Waals surface area contributed by atoms with Crippen molar-refractivity contribution < 1.29 is 32.8 Å². The second-order valence-corrected chi connectivity index (χ2v) is 8.09. The van der Waals surface area contributed by atoms with E-state index in [1.165, 1.54) is 19.0 Å². The summed E-state index contributed by atoms with van der Waals surface area (Å²) in [5.74, 6) is 0.553. The Morgan fingerprint density at radius 3 is 2.61 bits per heavy atom. The van der Waals surface area contributed by atoms with E-state index in [0.29, 0.717) is 36.6 Å². The molecule has 0 saturated heterocycles. The Kier molecular flexibility index (Phi) is 7.37. The lowest BCUT2D eigenvalue weighted by Crippen LogP contribution is -2.26. The maximum Gasteiger partial charge on any atom is 0.275 e. The van der Waals surface area contributed by atoms with Crippen molar-refractivity contribution in [1.82, 2.24) is 0 Å². The van der Waals surface area contributed by atoms with Gasteiger partial charge in [0.2, 0.25) is 12.1 Å². The molecule has 0 bridgehead atoms. The van der Waals surface area contributed by atoms with Crippen LogP contribution in [0.5, 0.6) is 17.2 Å². The third kappa shape index (κ3) is 4.85. The van der Waals surface area contributed by atoms with Gasteiger partial charge in [-0.05, 0) is 50.1 Å². The van der Waals surface area contributed by atoms with Crippen molar-refractivity contribution in [3.8, 4) is 17.2 Å². The number of primary amides is 1. The fourth-order valence-corrected chi connectivity index (χ4v) is 3.79. The summed E-state index contributed by atoms with van der Waals surface area (Å²) in [5.41, 5.74) is 7.19. The molecule has 1 heterocycles. The number of rotatable bonds is 10. The van der Waals surface area contributed by atoms with E-state index in [0.717, 1.165) is 11.3 Å². The van der Waals surface area contributed by atoms with Crippen LogP contribution in [0.25, 0.3) is 0 Å². The summed E-state index contributed by atoms with van der Waals surface area (Å²) in [6, 6.07) is 8.85. The molecular weight excluding hydrogens is 446 g/mol. The van der Waals surface area contributed by atoms with Gasteiger partial charge in [-0.1, -0.05) is 0 Å². The summed E-state index contributed by atoms with van der Waals surface area (Å²) in [6.07, 6.45) is 2.94. The van der Waals surface area contributed by atoms with Crippen molar-refractivity contribution in [3.05, 3.63) is 41.5 Å². The first-order valence-electron chi connectivity index (χ1n) is 10.3. The van der Waals surface area contributed by atoms with Crippen LogP contribution in [0.1, 0.15) is 42.6 Å². The highest BCUT2D eigenvalue weighted by Gasteiger charge is 2.38. The molecule has 0 unspecified atom stereocenters. The van der Waals surface area contributed by atoms with E-state index in [-0.39, 0.29) is 17.2 Å². The highest BCUT2D eigenvalue weighted by molar-refractivity contribution is 7.74. The quantitative estimate of drug-likeness (QED) is 0.122. The van der Waals surface area contributed by atoms with Crippen molar-refractivity contribution in [1.29, 1.82) is 0 Å². The van der Waals surface area contributed by atoms with Gasteiger partial charge in [0.25, 0.3) is 11.6 Å². The van der Waals surface area contributed by atoms with Gasteiger partial charge in [0.1, 0.15) is 18.7 Å². The SMILES string of the molecule is COc1ccc([N+](=CCCCOc2ccc3c(c2)C(C)(C)C(=O)N3)OS)c(C(N)=O)c1OC. The lowest BCUT2D eigenvalue weighted by Gasteiger charge is -2.16. The predicted molar refractivity (Wildman–Crippen MR) is 127 cm³/mol.